The monoisotopic (exact) mass is 322 g/mol. The molecule has 7 heteroatoms. The number of benzene rings is 1. The Kier molecular flexibility index (Phi) is 3.60. The molecule has 24 heavy (non-hydrogen) atoms. The number of carbonyl (C=O) groups is 1. The van der Waals surface area contributed by atoms with E-state index in [9.17, 15) is 4.79 Å². The van der Waals surface area contributed by atoms with Crippen LogP contribution < -0.4 is 5.32 Å². The normalized spacial score (nSPS) is 16.6. The average Bonchev–Trinajstić information content (AvgIpc) is 3.24. The van der Waals surface area contributed by atoms with Gasteiger partial charge in [0.25, 0.3) is 5.91 Å². The minimum absolute atomic E-state index is 0.0868. The highest BCUT2D eigenvalue weighted by molar-refractivity contribution is 5.92. The van der Waals surface area contributed by atoms with Gasteiger partial charge < -0.3 is 9.88 Å². The summed E-state index contributed by atoms with van der Waals surface area (Å²) in [7, 11) is 0. The summed E-state index contributed by atoms with van der Waals surface area (Å²) in [5, 5.41) is 11.1. The number of carbonyl (C=O) groups excluding carboxylic acids is 1. The van der Waals surface area contributed by atoms with Crippen molar-refractivity contribution in [3.05, 3.63) is 59.9 Å². The fourth-order valence-corrected chi connectivity index (χ4v) is 2.94. The minimum atomic E-state index is -0.193. The number of nitrogens with zero attached hydrogens (tertiary/aromatic N) is 5. The summed E-state index contributed by atoms with van der Waals surface area (Å²) in [5.41, 5.74) is 2.38. The average molecular weight is 322 g/mol. The maximum absolute atomic E-state index is 12.4. The molecule has 7 nitrogen and oxygen atoms in total. The van der Waals surface area contributed by atoms with Crippen LogP contribution in [0.2, 0.25) is 0 Å². The second kappa shape index (κ2) is 5.92. The number of aromatic nitrogens is 5. The van der Waals surface area contributed by atoms with Crippen LogP contribution in [0.15, 0.2) is 42.9 Å². The Balaban J connectivity index is 1.45. The van der Waals surface area contributed by atoms with Gasteiger partial charge in [-0.2, -0.15) is 0 Å². The van der Waals surface area contributed by atoms with Crippen molar-refractivity contribution in [3.63, 3.8) is 0 Å². The van der Waals surface area contributed by atoms with E-state index in [0.29, 0.717) is 5.69 Å². The van der Waals surface area contributed by atoms with E-state index in [-0.39, 0.29) is 11.9 Å². The Hall–Kier alpha value is -2.96. The second-order valence-corrected chi connectivity index (χ2v) is 6.09. The Labute approximate surface area is 139 Å². The van der Waals surface area contributed by atoms with Crippen molar-refractivity contribution in [3.8, 4) is 5.69 Å². The van der Waals surface area contributed by atoms with Crippen molar-refractivity contribution in [2.75, 3.05) is 0 Å². The van der Waals surface area contributed by atoms with Crippen LogP contribution in [0, 0.1) is 6.92 Å². The third kappa shape index (κ3) is 2.80. The highest BCUT2D eigenvalue weighted by Gasteiger charge is 2.22. The topological polar surface area (TPSA) is 77.6 Å². The number of amides is 1. The zero-order valence-electron chi connectivity index (χ0n) is 13.4. The molecule has 2 aromatic heterocycles. The van der Waals surface area contributed by atoms with E-state index in [2.05, 4.69) is 25.2 Å². The molecule has 1 aromatic carbocycles. The van der Waals surface area contributed by atoms with Gasteiger partial charge in [0.05, 0.1) is 11.9 Å². The number of rotatable bonds is 3. The van der Waals surface area contributed by atoms with E-state index in [1.54, 1.807) is 17.1 Å². The van der Waals surface area contributed by atoms with Crippen molar-refractivity contribution >= 4 is 5.91 Å². The van der Waals surface area contributed by atoms with Gasteiger partial charge in [-0.15, -0.1) is 5.10 Å². The van der Waals surface area contributed by atoms with Gasteiger partial charge in [-0.1, -0.05) is 22.9 Å². The molecule has 1 atom stereocenters. The fourth-order valence-electron chi connectivity index (χ4n) is 2.94. The SMILES string of the molecule is Cc1ccc(-n2cc(C(=O)NC3CCc4nccn4C3)nn2)cc1. The molecule has 3 heterocycles. The fraction of sp³-hybridized carbons (Fsp3) is 0.294. The second-order valence-electron chi connectivity index (χ2n) is 6.09. The molecule has 3 aromatic rings. The Bertz CT molecular complexity index is 863. The van der Waals surface area contributed by atoms with Crippen LogP contribution in [0.25, 0.3) is 5.69 Å². The van der Waals surface area contributed by atoms with Gasteiger partial charge in [0, 0.05) is 31.4 Å². The number of imidazole rings is 1. The lowest BCUT2D eigenvalue weighted by molar-refractivity contribution is 0.0922. The summed E-state index contributed by atoms with van der Waals surface area (Å²) < 4.78 is 3.70. The molecule has 122 valence electrons. The van der Waals surface area contributed by atoms with Gasteiger partial charge in [0.1, 0.15) is 5.82 Å². The molecule has 0 saturated carbocycles. The molecule has 1 amide bonds. The molecular formula is C17H18N6O. The molecular weight excluding hydrogens is 304 g/mol. The quantitative estimate of drug-likeness (QED) is 0.793. The zero-order valence-corrected chi connectivity index (χ0v) is 13.4. The molecule has 1 unspecified atom stereocenters. The maximum atomic E-state index is 12.4. The molecule has 1 aliphatic heterocycles. The summed E-state index contributed by atoms with van der Waals surface area (Å²) in [6.45, 7) is 2.77. The lowest BCUT2D eigenvalue weighted by atomic mass is 10.1. The first kappa shape index (κ1) is 14.6. The first-order valence-electron chi connectivity index (χ1n) is 7.99. The predicted molar refractivity (Wildman–Crippen MR) is 87.9 cm³/mol. The first-order valence-corrected chi connectivity index (χ1v) is 7.99. The van der Waals surface area contributed by atoms with Crippen LogP contribution in [0.5, 0.6) is 0 Å². The first-order chi connectivity index (χ1) is 11.7. The largest absolute Gasteiger partial charge is 0.346 e. The van der Waals surface area contributed by atoms with Crippen molar-refractivity contribution in [2.45, 2.75) is 32.4 Å². The molecule has 0 fully saturated rings. The molecule has 0 aliphatic carbocycles. The van der Waals surface area contributed by atoms with Crippen molar-refractivity contribution in [1.29, 1.82) is 0 Å². The van der Waals surface area contributed by atoms with Gasteiger partial charge >= 0.3 is 0 Å². The van der Waals surface area contributed by atoms with Gasteiger partial charge in [-0.25, -0.2) is 9.67 Å². The summed E-state index contributed by atoms with van der Waals surface area (Å²) in [6.07, 6.45) is 7.16. The predicted octanol–water partition coefficient (Wildman–Crippen LogP) is 1.52. The highest BCUT2D eigenvalue weighted by atomic mass is 16.2. The molecule has 0 spiro atoms. The summed E-state index contributed by atoms with van der Waals surface area (Å²) in [4.78, 5) is 16.7. The highest BCUT2D eigenvalue weighted by Crippen LogP contribution is 2.14. The number of nitrogens with one attached hydrogen (secondary N) is 1. The molecule has 1 aliphatic rings. The van der Waals surface area contributed by atoms with Gasteiger partial charge in [0.2, 0.25) is 0 Å². The van der Waals surface area contributed by atoms with Crippen molar-refractivity contribution in [2.24, 2.45) is 0 Å². The van der Waals surface area contributed by atoms with E-state index < -0.39 is 0 Å². The van der Waals surface area contributed by atoms with E-state index in [1.807, 2.05) is 37.4 Å². The Morgan fingerprint density at radius 3 is 2.96 bits per heavy atom. The molecule has 0 bridgehead atoms. The number of hydrogen-bond donors (Lipinski definition) is 1. The van der Waals surface area contributed by atoms with Crippen molar-refractivity contribution < 1.29 is 4.79 Å². The molecule has 4 rings (SSSR count). The van der Waals surface area contributed by atoms with Crippen LogP contribution >= 0.6 is 0 Å². The lowest BCUT2D eigenvalue weighted by Gasteiger charge is -2.24. The summed E-state index contributed by atoms with van der Waals surface area (Å²) in [5.74, 6) is 0.882. The lowest BCUT2D eigenvalue weighted by Crippen LogP contribution is -2.41. The third-order valence-electron chi connectivity index (χ3n) is 4.29. The van der Waals surface area contributed by atoms with E-state index in [4.69, 9.17) is 0 Å². The third-order valence-corrected chi connectivity index (χ3v) is 4.29. The van der Waals surface area contributed by atoms with Crippen LogP contribution in [0.3, 0.4) is 0 Å². The van der Waals surface area contributed by atoms with E-state index in [0.717, 1.165) is 30.9 Å². The molecule has 0 radical (unpaired) electrons. The van der Waals surface area contributed by atoms with Crippen LogP contribution in [-0.4, -0.2) is 36.5 Å². The molecule has 1 N–H and O–H groups in total. The maximum Gasteiger partial charge on any atom is 0.273 e. The smallest absolute Gasteiger partial charge is 0.273 e. The Morgan fingerprint density at radius 2 is 2.12 bits per heavy atom. The standard InChI is InChI=1S/C17H18N6O/c1-12-2-5-14(6-3-12)23-11-15(20-21-23)17(24)19-13-4-7-16-18-8-9-22(16)10-13/h2-3,5-6,8-9,11,13H,4,7,10H2,1H3,(H,19,24). The minimum Gasteiger partial charge on any atom is -0.346 e. The van der Waals surface area contributed by atoms with Crippen molar-refractivity contribution in [1.82, 2.24) is 29.9 Å². The number of aryl methyl sites for hydroxylation is 2. The molecule has 0 saturated heterocycles. The summed E-state index contributed by atoms with van der Waals surface area (Å²) in [6, 6.07) is 7.99. The number of fused-ring (bicyclic) bond motifs is 1. The van der Waals surface area contributed by atoms with Gasteiger partial charge in [-0.05, 0) is 25.5 Å². The van der Waals surface area contributed by atoms with Gasteiger partial charge in [-0.3, -0.25) is 4.79 Å². The zero-order chi connectivity index (χ0) is 16.5. The van der Waals surface area contributed by atoms with Gasteiger partial charge in [0.15, 0.2) is 5.69 Å². The van der Waals surface area contributed by atoms with Crippen LogP contribution in [0.1, 0.15) is 28.3 Å². The van der Waals surface area contributed by atoms with Crippen LogP contribution in [0.4, 0.5) is 0 Å². The summed E-state index contributed by atoms with van der Waals surface area (Å²) >= 11 is 0. The number of hydrogen-bond acceptors (Lipinski definition) is 4. The Morgan fingerprint density at radius 1 is 1.29 bits per heavy atom. The van der Waals surface area contributed by atoms with Crippen LogP contribution in [-0.2, 0) is 13.0 Å². The van der Waals surface area contributed by atoms with E-state index >= 15 is 0 Å². The van der Waals surface area contributed by atoms with E-state index in [1.165, 1.54) is 5.56 Å².